The summed E-state index contributed by atoms with van der Waals surface area (Å²) in [6.45, 7) is 3.72. The zero-order chi connectivity index (χ0) is 20.4. The molecule has 8 heteroatoms. The Hall–Kier alpha value is -3.26. The number of carbonyl (C=O) groups is 1. The molecule has 0 unspecified atom stereocenters. The van der Waals surface area contributed by atoms with Gasteiger partial charge in [0.1, 0.15) is 17.2 Å². The number of hydrogen-bond donors (Lipinski definition) is 1. The lowest BCUT2D eigenvalue weighted by Crippen LogP contribution is -2.50. The van der Waals surface area contributed by atoms with Crippen LogP contribution in [0.4, 0.5) is 0 Å². The van der Waals surface area contributed by atoms with E-state index in [-0.39, 0.29) is 5.91 Å². The van der Waals surface area contributed by atoms with E-state index in [1.165, 1.54) is 11.8 Å². The molecule has 29 heavy (non-hydrogen) atoms. The maximum atomic E-state index is 13.0. The Balaban J connectivity index is 1.92. The summed E-state index contributed by atoms with van der Waals surface area (Å²) in [5.41, 5.74) is 1.24. The van der Waals surface area contributed by atoms with Gasteiger partial charge in [0.2, 0.25) is 0 Å². The van der Waals surface area contributed by atoms with Crippen molar-refractivity contribution in [3.05, 3.63) is 71.3 Å². The van der Waals surface area contributed by atoms with Crippen LogP contribution in [0.15, 0.2) is 65.2 Å². The highest BCUT2D eigenvalue weighted by molar-refractivity contribution is 8.14. The summed E-state index contributed by atoms with van der Waals surface area (Å²) in [5, 5.41) is 11.2. The molecular weight excluding hydrogens is 388 g/mol. The quantitative estimate of drug-likeness (QED) is 0.763. The average molecular weight is 408 g/mol. The molecule has 1 amide bonds. The molecule has 2 heterocycles. The topological polar surface area (TPSA) is 75.5 Å². The fraction of sp³-hybridized carbons (Fsp3) is 0.190. The number of fused-ring (bicyclic) bond motifs is 2. The van der Waals surface area contributed by atoms with Crippen LogP contribution in [0.1, 0.15) is 11.7 Å². The van der Waals surface area contributed by atoms with Gasteiger partial charge >= 0.3 is 0 Å². The fourth-order valence-electron chi connectivity index (χ4n) is 3.26. The van der Waals surface area contributed by atoms with Crippen LogP contribution in [-0.2, 0) is 4.79 Å². The lowest BCUT2D eigenvalue weighted by Gasteiger charge is -2.34. The van der Waals surface area contributed by atoms with Gasteiger partial charge in [-0.05, 0) is 18.2 Å². The van der Waals surface area contributed by atoms with Gasteiger partial charge in [-0.3, -0.25) is 15.1 Å². The largest absolute Gasteiger partial charge is 0.497 e. The maximum Gasteiger partial charge on any atom is 0.276 e. The van der Waals surface area contributed by atoms with Crippen molar-refractivity contribution in [2.24, 2.45) is 10.1 Å². The van der Waals surface area contributed by atoms with Gasteiger partial charge in [-0.25, -0.2) is 5.01 Å². The first-order valence-corrected chi connectivity index (χ1v) is 9.97. The van der Waals surface area contributed by atoms with Crippen molar-refractivity contribution >= 4 is 28.5 Å². The van der Waals surface area contributed by atoms with Crippen molar-refractivity contribution in [2.75, 3.05) is 20.0 Å². The standard InChI is InChI=1S/C21H20N4O3S/c1-4-11-29-21-23-20(26)18-14-7-5-6-8-16(14)22-19(25(18)24-21)15-10-9-13(27-2)12-17(15)28-3/h4-10,12,19H,1,11H2,2-3H3,(H,23,24,26)/t19-/m1/s1. The second-order valence-corrected chi connectivity index (χ2v) is 7.29. The summed E-state index contributed by atoms with van der Waals surface area (Å²) < 4.78 is 10.9. The Labute approximate surface area is 172 Å². The van der Waals surface area contributed by atoms with Crippen molar-refractivity contribution in [2.45, 2.75) is 6.17 Å². The van der Waals surface area contributed by atoms with Gasteiger partial charge in [0.05, 0.1) is 19.6 Å². The van der Waals surface area contributed by atoms with Gasteiger partial charge in [0, 0.05) is 22.6 Å². The van der Waals surface area contributed by atoms with Crippen LogP contribution in [0.2, 0.25) is 0 Å². The van der Waals surface area contributed by atoms with E-state index in [2.05, 4.69) is 17.0 Å². The van der Waals surface area contributed by atoms with E-state index < -0.39 is 6.17 Å². The van der Waals surface area contributed by atoms with Gasteiger partial charge < -0.3 is 9.47 Å². The van der Waals surface area contributed by atoms with Crippen molar-refractivity contribution in [3.8, 4) is 11.5 Å². The lowest BCUT2D eigenvalue weighted by atomic mass is 10.1. The lowest BCUT2D eigenvalue weighted by molar-refractivity contribution is -0.116. The molecule has 1 atom stereocenters. The van der Waals surface area contributed by atoms with Gasteiger partial charge in [-0.15, -0.1) is 11.7 Å². The highest BCUT2D eigenvalue weighted by Crippen LogP contribution is 2.37. The number of thioether (sulfide) groups is 1. The van der Waals surface area contributed by atoms with Crippen LogP contribution in [0.5, 0.6) is 11.5 Å². The summed E-state index contributed by atoms with van der Waals surface area (Å²) in [4.78, 5) is 17.9. The molecule has 148 valence electrons. The Kier molecular flexibility index (Phi) is 5.26. The number of nitrogens with one attached hydrogen (secondary N) is 1. The Morgan fingerprint density at radius 2 is 2.07 bits per heavy atom. The summed E-state index contributed by atoms with van der Waals surface area (Å²) >= 11 is 1.40. The van der Waals surface area contributed by atoms with E-state index in [9.17, 15) is 4.79 Å². The third kappa shape index (κ3) is 3.47. The minimum atomic E-state index is -0.550. The van der Waals surface area contributed by atoms with Crippen molar-refractivity contribution < 1.29 is 14.3 Å². The monoisotopic (exact) mass is 408 g/mol. The molecule has 0 bridgehead atoms. The number of rotatable bonds is 5. The first kappa shape index (κ1) is 19.1. The number of ether oxygens (including phenoxy) is 2. The number of para-hydroxylation sites is 1. The summed E-state index contributed by atoms with van der Waals surface area (Å²) in [6, 6.07) is 13.1. The smallest absolute Gasteiger partial charge is 0.276 e. The van der Waals surface area contributed by atoms with E-state index in [0.717, 1.165) is 16.1 Å². The SMILES string of the molecule is C=CCSC1=NN2C(=c3ccccc3=N[C@H]2c2ccc(OC)cc2OC)C(=O)N1. The second kappa shape index (κ2) is 8.00. The normalized spacial score (nSPS) is 17.4. The second-order valence-electron chi connectivity index (χ2n) is 6.28. The Morgan fingerprint density at radius 1 is 1.24 bits per heavy atom. The van der Waals surface area contributed by atoms with Crippen LogP contribution >= 0.6 is 11.8 Å². The molecule has 2 aliphatic heterocycles. The minimum absolute atomic E-state index is 0.216. The minimum Gasteiger partial charge on any atom is -0.497 e. The van der Waals surface area contributed by atoms with Gasteiger partial charge in [0.25, 0.3) is 5.91 Å². The van der Waals surface area contributed by atoms with E-state index >= 15 is 0 Å². The number of carbonyl (C=O) groups excluding carboxylic acids is 1. The molecular formula is C21H20N4O3S. The number of hydrogen-bond acceptors (Lipinski definition) is 7. The molecule has 0 saturated heterocycles. The number of nitrogens with zero attached hydrogens (tertiary/aromatic N) is 3. The summed E-state index contributed by atoms with van der Waals surface area (Å²) in [7, 11) is 3.20. The molecule has 7 nitrogen and oxygen atoms in total. The highest BCUT2D eigenvalue weighted by Gasteiger charge is 2.35. The fourth-order valence-corrected chi connectivity index (χ4v) is 3.85. The zero-order valence-electron chi connectivity index (χ0n) is 16.1. The number of hydrazone groups is 1. The van der Waals surface area contributed by atoms with Crippen LogP contribution < -0.4 is 25.4 Å². The van der Waals surface area contributed by atoms with Crippen LogP contribution in [0.3, 0.4) is 0 Å². The predicted octanol–water partition coefficient (Wildman–Crippen LogP) is 1.77. The van der Waals surface area contributed by atoms with Crippen LogP contribution in [-0.4, -0.2) is 36.1 Å². The van der Waals surface area contributed by atoms with E-state index in [0.29, 0.717) is 28.1 Å². The Bertz CT molecular complexity index is 1130. The van der Waals surface area contributed by atoms with E-state index in [1.54, 1.807) is 31.4 Å². The molecule has 0 fully saturated rings. The molecule has 0 aliphatic carbocycles. The number of methoxy groups -OCH3 is 2. The van der Waals surface area contributed by atoms with Crippen LogP contribution in [0.25, 0.3) is 5.70 Å². The molecule has 4 rings (SSSR count). The number of benzene rings is 2. The first-order valence-electron chi connectivity index (χ1n) is 8.98. The maximum absolute atomic E-state index is 13.0. The summed E-state index contributed by atoms with van der Waals surface area (Å²) in [5.74, 6) is 1.70. The molecule has 2 aliphatic rings. The zero-order valence-corrected chi connectivity index (χ0v) is 16.9. The highest BCUT2D eigenvalue weighted by atomic mass is 32.2. The average Bonchev–Trinajstić information content (AvgIpc) is 2.76. The van der Waals surface area contributed by atoms with E-state index in [4.69, 9.17) is 14.5 Å². The number of amidine groups is 1. The van der Waals surface area contributed by atoms with E-state index in [1.807, 2.05) is 36.4 Å². The third-order valence-electron chi connectivity index (χ3n) is 4.57. The first-order chi connectivity index (χ1) is 14.2. The molecule has 0 spiro atoms. The predicted molar refractivity (Wildman–Crippen MR) is 113 cm³/mol. The van der Waals surface area contributed by atoms with Crippen LogP contribution in [0, 0.1) is 0 Å². The molecule has 2 aromatic rings. The van der Waals surface area contributed by atoms with Gasteiger partial charge in [-0.1, -0.05) is 36.0 Å². The van der Waals surface area contributed by atoms with Crippen molar-refractivity contribution in [1.29, 1.82) is 0 Å². The van der Waals surface area contributed by atoms with Crippen molar-refractivity contribution in [3.63, 3.8) is 0 Å². The molecule has 2 aromatic carbocycles. The van der Waals surface area contributed by atoms with Gasteiger partial charge in [0.15, 0.2) is 11.3 Å². The van der Waals surface area contributed by atoms with Gasteiger partial charge in [-0.2, -0.15) is 0 Å². The number of amides is 1. The Morgan fingerprint density at radius 3 is 2.83 bits per heavy atom. The molecule has 0 radical (unpaired) electrons. The molecule has 0 saturated carbocycles. The molecule has 0 aromatic heterocycles. The molecule has 1 N–H and O–H groups in total. The van der Waals surface area contributed by atoms with Crippen molar-refractivity contribution in [1.82, 2.24) is 10.3 Å². The third-order valence-corrected chi connectivity index (χ3v) is 5.43. The summed E-state index contributed by atoms with van der Waals surface area (Å²) in [6.07, 6.45) is 1.21.